The zero-order chi connectivity index (χ0) is 24.6. The lowest BCUT2D eigenvalue weighted by atomic mass is 10.1. The topological polar surface area (TPSA) is 89.9 Å². The highest BCUT2D eigenvalue weighted by atomic mass is 31.2. The summed E-state index contributed by atoms with van der Waals surface area (Å²) < 4.78 is 24.7. The Morgan fingerprint density at radius 2 is 1.68 bits per heavy atom. The molecular formula is C26H35NO6P+. The fourth-order valence-electron chi connectivity index (χ4n) is 4.57. The number of carboxylic acid groups (broad SMARTS) is 1. The average molecular weight is 489 g/mol. The van der Waals surface area contributed by atoms with E-state index in [1.165, 1.54) is 12.5 Å². The number of imide groups is 1. The van der Waals surface area contributed by atoms with E-state index in [-0.39, 0.29) is 25.4 Å². The number of nitrogens with zero attached hydrogens (tertiary/aromatic N) is 1. The number of carbonyl (C=O) groups excluding carboxylic acids is 1. The molecule has 0 bridgehead atoms. The quantitative estimate of drug-likeness (QED) is 0.236. The lowest BCUT2D eigenvalue weighted by Gasteiger charge is -2.32. The molecule has 34 heavy (non-hydrogen) atoms. The molecule has 1 fully saturated rings. The Kier molecular flexibility index (Phi) is 9.20. The summed E-state index contributed by atoms with van der Waals surface area (Å²) in [6, 6.07) is 19.0. The van der Waals surface area contributed by atoms with Crippen molar-refractivity contribution in [3.05, 3.63) is 71.8 Å². The van der Waals surface area contributed by atoms with E-state index < -0.39 is 30.2 Å². The largest absolute Gasteiger partial charge is 0.521 e. The lowest BCUT2D eigenvalue weighted by molar-refractivity contribution is -0.793. The summed E-state index contributed by atoms with van der Waals surface area (Å²) in [6.45, 7) is 3.56. The minimum atomic E-state index is -3.66. The van der Waals surface area contributed by atoms with Gasteiger partial charge in [0.15, 0.2) is 6.10 Å². The van der Waals surface area contributed by atoms with Gasteiger partial charge in [-0.2, -0.15) is 9.28 Å². The molecule has 3 unspecified atom stereocenters. The van der Waals surface area contributed by atoms with Crippen molar-refractivity contribution in [2.45, 2.75) is 64.7 Å². The summed E-state index contributed by atoms with van der Waals surface area (Å²) in [7, 11) is -3.66. The van der Waals surface area contributed by atoms with E-state index in [1.807, 2.05) is 48.5 Å². The fourth-order valence-corrected chi connectivity index (χ4v) is 6.39. The van der Waals surface area contributed by atoms with Crippen LogP contribution in [0.2, 0.25) is 0 Å². The van der Waals surface area contributed by atoms with Gasteiger partial charge in [-0.25, -0.2) is 4.79 Å². The molecule has 3 rings (SSSR count). The van der Waals surface area contributed by atoms with Crippen molar-refractivity contribution in [3.63, 3.8) is 0 Å². The van der Waals surface area contributed by atoms with Crippen LogP contribution in [0.25, 0.3) is 0 Å². The second-order valence-electron chi connectivity index (χ2n) is 8.99. The standard InChI is InChI=1S/C26H34NO6P/c1-21-12-11-18-27(21,26(29)30)25(28)22(2)33-34(31,32-20-24-16-7-4-8-17-24)19-10-9-15-23-13-5-3-6-14-23/h3-8,13-14,16-17,21-22H,9-12,15,18-20H2,1-2H3/p+1/t21-,22?,27?,34?/m1/s1. The Balaban J connectivity index is 1.69. The molecule has 2 amide bonds. The summed E-state index contributed by atoms with van der Waals surface area (Å²) in [5.41, 5.74) is 2.04. The first-order valence-corrected chi connectivity index (χ1v) is 13.6. The maximum Gasteiger partial charge on any atom is 0.521 e. The summed E-state index contributed by atoms with van der Waals surface area (Å²) in [4.78, 5) is 25.4. The van der Waals surface area contributed by atoms with Crippen molar-refractivity contribution in [1.29, 1.82) is 0 Å². The highest BCUT2D eigenvalue weighted by Gasteiger charge is 2.55. The zero-order valence-electron chi connectivity index (χ0n) is 20.0. The van der Waals surface area contributed by atoms with Gasteiger partial charge in [0.05, 0.1) is 19.3 Å². The molecule has 0 spiro atoms. The third-order valence-corrected chi connectivity index (χ3v) is 8.57. The molecule has 0 saturated carbocycles. The molecule has 1 saturated heterocycles. The van der Waals surface area contributed by atoms with Crippen molar-refractivity contribution in [1.82, 2.24) is 0 Å². The van der Waals surface area contributed by atoms with Crippen molar-refractivity contribution in [2.75, 3.05) is 12.7 Å². The zero-order valence-corrected chi connectivity index (χ0v) is 20.9. The number of aryl methyl sites for hydroxylation is 1. The Morgan fingerprint density at radius 3 is 2.24 bits per heavy atom. The number of rotatable bonds is 11. The SMILES string of the molecule is CC(OP(=O)(CCCCc1ccccc1)OCc1ccccc1)C(=O)[N+]1(C(=O)O)CCC[C@H]1C. The molecule has 1 aliphatic rings. The molecular weight excluding hydrogens is 453 g/mol. The van der Waals surface area contributed by atoms with Crippen LogP contribution in [-0.4, -0.2) is 46.4 Å². The van der Waals surface area contributed by atoms with Crippen LogP contribution in [0.1, 0.15) is 50.7 Å². The van der Waals surface area contributed by atoms with E-state index in [4.69, 9.17) is 9.05 Å². The van der Waals surface area contributed by atoms with Gasteiger partial charge in [-0.15, -0.1) is 0 Å². The van der Waals surface area contributed by atoms with Gasteiger partial charge in [0, 0.05) is 12.8 Å². The van der Waals surface area contributed by atoms with E-state index in [9.17, 15) is 19.3 Å². The number of unbranched alkanes of at least 4 members (excludes halogenated alkanes) is 1. The van der Waals surface area contributed by atoms with Crippen LogP contribution in [0.3, 0.4) is 0 Å². The lowest BCUT2D eigenvalue weighted by Crippen LogP contribution is -2.61. The molecule has 1 aliphatic heterocycles. The molecule has 2 aromatic rings. The molecule has 8 heteroatoms. The van der Waals surface area contributed by atoms with Crippen LogP contribution in [0, 0.1) is 0 Å². The summed E-state index contributed by atoms with van der Waals surface area (Å²) in [5.74, 6) is -0.578. The molecule has 7 nitrogen and oxygen atoms in total. The first kappa shape index (κ1) is 26.3. The van der Waals surface area contributed by atoms with Gasteiger partial charge in [0.2, 0.25) is 0 Å². The molecule has 0 radical (unpaired) electrons. The van der Waals surface area contributed by atoms with E-state index in [2.05, 4.69) is 12.1 Å². The first-order chi connectivity index (χ1) is 16.3. The van der Waals surface area contributed by atoms with E-state index in [0.29, 0.717) is 19.3 Å². The number of hydrogen-bond donors (Lipinski definition) is 1. The van der Waals surface area contributed by atoms with Gasteiger partial charge in [0.1, 0.15) is 6.04 Å². The molecule has 184 valence electrons. The minimum absolute atomic E-state index is 0.0903. The Morgan fingerprint density at radius 1 is 1.06 bits per heavy atom. The van der Waals surface area contributed by atoms with Crippen molar-refractivity contribution >= 4 is 19.6 Å². The van der Waals surface area contributed by atoms with Crippen molar-refractivity contribution < 1.29 is 32.8 Å². The maximum absolute atomic E-state index is 13.7. The van der Waals surface area contributed by atoms with Gasteiger partial charge in [-0.1, -0.05) is 60.7 Å². The highest BCUT2D eigenvalue weighted by molar-refractivity contribution is 7.53. The number of likely N-dealkylation sites (tertiary alicyclic amines) is 1. The molecule has 0 aliphatic carbocycles. The van der Waals surface area contributed by atoms with E-state index in [0.717, 1.165) is 18.4 Å². The van der Waals surface area contributed by atoms with Gasteiger partial charge in [-0.3, -0.25) is 9.09 Å². The monoisotopic (exact) mass is 488 g/mol. The number of hydrogen-bond acceptors (Lipinski definition) is 5. The molecule has 1 heterocycles. The van der Waals surface area contributed by atoms with Gasteiger partial charge in [0.25, 0.3) is 0 Å². The van der Waals surface area contributed by atoms with Gasteiger partial charge < -0.3 is 9.63 Å². The predicted octanol–water partition coefficient (Wildman–Crippen LogP) is 6.03. The van der Waals surface area contributed by atoms with Crippen LogP contribution < -0.4 is 0 Å². The Bertz CT molecular complexity index is 999. The summed E-state index contributed by atoms with van der Waals surface area (Å²) in [6.07, 6.45) is 1.33. The number of carbonyl (C=O) groups is 2. The molecule has 0 aromatic heterocycles. The summed E-state index contributed by atoms with van der Waals surface area (Å²) in [5, 5.41) is 9.88. The van der Waals surface area contributed by atoms with Crippen LogP contribution in [0.4, 0.5) is 4.79 Å². The number of quaternary nitrogens is 1. The van der Waals surface area contributed by atoms with Crippen LogP contribution in [-0.2, 0) is 31.4 Å². The first-order valence-electron chi connectivity index (χ1n) is 11.9. The van der Waals surface area contributed by atoms with Crippen molar-refractivity contribution in [3.8, 4) is 0 Å². The van der Waals surface area contributed by atoms with Crippen molar-refractivity contribution in [2.24, 2.45) is 0 Å². The van der Waals surface area contributed by atoms with E-state index >= 15 is 0 Å². The average Bonchev–Trinajstić information content (AvgIpc) is 3.24. The predicted molar refractivity (Wildman–Crippen MR) is 130 cm³/mol. The van der Waals surface area contributed by atoms with Gasteiger partial charge in [-0.05, 0) is 44.2 Å². The van der Waals surface area contributed by atoms with Crippen LogP contribution >= 0.6 is 7.60 Å². The minimum Gasteiger partial charge on any atom is -0.435 e. The fraction of sp³-hybridized carbons (Fsp3) is 0.462. The smallest absolute Gasteiger partial charge is 0.435 e. The third kappa shape index (κ3) is 6.42. The summed E-state index contributed by atoms with van der Waals surface area (Å²) >= 11 is 0. The molecule has 2 aromatic carbocycles. The van der Waals surface area contributed by atoms with Gasteiger partial charge >= 0.3 is 19.6 Å². The second-order valence-corrected chi connectivity index (χ2v) is 11.1. The molecule has 4 atom stereocenters. The highest BCUT2D eigenvalue weighted by Crippen LogP contribution is 2.51. The Hall–Kier alpha value is -2.31. The second kappa shape index (κ2) is 11.9. The van der Waals surface area contributed by atoms with E-state index in [1.54, 1.807) is 6.92 Å². The maximum atomic E-state index is 13.7. The molecule has 1 N–H and O–H groups in total. The van der Waals surface area contributed by atoms with Crippen LogP contribution in [0.15, 0.2) is 60.7 Å². The number of amides is 2. The number of benzene rings is 2. The van der Waals surface area contributed by atoms with Crippen LogP contribution in [0.5, 0.6) is 0 Å². The third-order valence-electron chi connectivity index (χ3n) is 6.55. The normalized spacial score (nSPS) is 22.7. The Labute approximate surface area is 201 Å².